The van der Waals surface area contributed by atoms with Crippen molar-refractivity contribution in [2.24, 2.45) is 4.99 Å². The van der Waals surface area contributed by atoms with Crippen molar-refractivity contribution in [2.45, 2.75) is 12.5 Å². The number of thioether (sulfide) groups is 1. The number of aromatic nitrogens is 1. The van der Waals surface area contributed by atoms with E-state index >= 15 is 0 Å². The van der Waals surface area contributed by atoms with Crippen LogP contribution >= 0.6 is 11.8 Å². The largest absolute Gasteiger partial charge is 0.474 e. The smallest absolute Gasteiger partial charge is 0.235 e. The van der Waals surface area contributed by atoms with E-state index in [-0.39, 0.29) is 0 Å². The lowest BCUT2D eigenvalue weighted by Crippen LogP contribution is -2.07. The fraction of sp³-hybridized carbons (Fsp3) is 0.455. The van der Waals surface area contributed by atoms with Crippen molar-refractivity contribution >= 4 is 17.7 Å². The maximum Gasteiger partial charge on any atom is 0.235 e. The van der Waals surface area contributed by atoms with E-state index in [4.69, 9.17) is 4.74 Å². The molecule has 1 aliphatic rings. The Hall–Kier alpha value is -1.03. The van der Waals surface area contributed by atoms with Gasteiger partial charge in [0, 0.05) is 6.20 Å². The molecule has 0 fully saturated rings. The Labute approximate surface area is 94.0 Å². The number of nitrogens with zero attached hydrogens (tertiary/aromatic N) is 2. The molecular formula is C11H14N2OS. The summed E-state index contributed by atoms with van der Waals surface area (Å²) in [6.45, 7) is 0.701. The molecule has 1 aromatic heterocycles. The highest BCUT2D eigenvalue weighted by Crippen LogP contribution is 2.14. The minimum Gasteiger partial charge on any atom is -0.474 e. The number of ether oxygens (including phenoxy) is 1. The summed E-state index contributed by atoms with van der Waals surface area (Å²) in [7, 11) is 0. The molecule has 0 N–H and O–H groups in total. The van der Waals surface area contributed by atoms with Crippen LogP contribution in [-0.4, -0.2) is 35.5 Å². The van der Waals surface area contributed by atoms with Crippen LogP contribution in [0, 0.1) is 0 Å². The molecule has 0 spiro atoms. The van der Waals surface area contributed by atoms with E-state index in [9.17, 15) is 0 Å². The Morgan fingerprint density at radius 2 is 2.47 bits per heavy atom. The second-order valence-electron chi connectivity index (χ2n) is 3.40. The Morgan fingerprint density at radius 3 is 3.20 bits per heavy atom. The van der Waals surface area contributed by atoms with Crippen molar-refractivity contribution < 1.29 is 4.74 Å². The molecule has 80 valence electrons. The van der Waals surface area contributed by atoms with E-state index in [0.29, 0.717) is 18.5 Å². The maximum absolute atomic E-state index is 5.53. The number of hydrogen-bond acceptors (Lipinski definition) is 4. The summed E-state index contributed by atoms with van der Waals surface area (Å²) in [5.41, 5.74) is 0.837. The third-order valence-corrected chi connectivity index (χ3v) is 2.90. The molecule has 3 nitrogen and oxygen atoms in total. The van der Waals surface area contributed by atoms with Crippen molar-refractivity contribution in [2.75, 3.05) is 18.6 Å². The molecule has 0 aromatic carbocycles. The Balaban J connectivity index is 2.00. The number of rotatable bonds is 4. The molecule has 0 radical (unpaired) electrons. The molecule has 2 rings (SSSR count). The minimum absolute atomic E-state index is 0.314. The summed E-state index contributed by atoms with van der Waals surface area (Å²) in [4.78, 5) is 8.73. The topological polar surface area (TPSA) is 34.5 Å². The molecule has 1 aliphatic heterocycles. The first-order chi connectivity index (χ1) is 7.40. The normalized spacial score (nSPS) is 19.8. The van der Waals surface area contributed by atoms with Crippen molar-refractivity contribution in [3.05, 3.63) is 30.1 Å². The number of aliphatic imine (C=N–C) groups is 1. The van der Waals surface area contributed by atoms with Gasteiger partial charge in [-0.3, -0.25) is 4.98 Å². The van der Waals surface area contributed by atoms with Gasteiger partial charge in [0.2, 0.25) is 5.90 Å². The van der Waals surface area contributed by atoms with Gasteiger partial charge in [-0.15, -0.1) is 0 Å². The van der Waals surface area contributed by atoms with Gasteiger partial charge < -0.3 is 4.74 Å². The summed E-state index contributed by atoms with van der Waals surface area (Å²) in [5, 5.41) is 0. The van der Waals surface area contributed by atoms with E-state index in [1.54, 1.807) is 6.20 Å². The van der Waals surface area contributed by atoms with Gasteiger partial charge in [0.1, 0.15) is 12.3 Å². The lowest BCUT2D eigenvalue weighted by Gasteiger charge is -2.01. The fourth-order valence-electron chi connectivity index (χ4n) is 1.45. The molecule has 1 aromatic rings. The first-order valence-electron chi connectivity index (χ1n) is 5.01. The van der Waals surface area contributed by atoms with Gasteiger partial charge in [-0.2, -0.15) is 11.8 Å². The summed E-state index contributed by atoms with van der Waals surface area (Å²) < 4.78 is 5.53. The summed E-state index contributed by atoms with van der Waals surface area (Å²) in [6.07, 6.45) is 4.95. The van der Waals surface area contributed by atoms with Gasteiger partial charge >= 0.3 is 0 Å². The van der Waals surface area contributed by atoms with Gasteiger partial charge in [-0.1, -0.05) is 6.07 Å². The Bertz CT molecular complexity index is 340. The zero-order valence-corrected chi connectivity index (χ0v) is 9.54. The van der Waals surface area contributed by atoms with Crippen molar-refractivity contribution in [3.63, 3.8) is 0 Å². The third-order valence-electron chi connectivity index (χ3n) is 2.25. The SMILES string of the molecule is CSCC[C@@H]1COC(c2ccccn2)=N1. The first-order valence-corrected chi connectivity index (χ1v) is 6.40. The molecule has 4 heteroatoms. The van der Waals surface area contributed by atoms with Crippen LogP contribution in [0.2, 0.25) is 0 Å². The molecule has 2 heterocycles. The Kier molecular flexibility index (Phi) is 3.61. The predicted octanol–water partition coefficient (Wildman–Crippen LogP) is 1.98. The number of pyridine rings is 1. The first kappa shape index (κ1) is 10.5. The zero-order valence-electron chi connectivity index (χ0n) is 8.72. The van der Waals surface area contributed by atoms with Crippen LogP contribution in [0.5, 0.6) is 0 Å². The van der Waals surface area contributed by atoms with E-state index in [1.807, 2.05) is 30.0 Å². The lowest BCUT2D eigenvalue weighted by atomic mass is 10.3. The summed E-state index contributed by atoms with van der Waals surface area (Å²) >= 11 is 1.85. The van der Waals surface area contributed by atoms with Gasteiger partial charge in [-0.05, 0) is 30.6 Å². The summed E-state index contributed by atoms with van der Waals surface area (Å²) in [6, 6.07) is 6.08. The highest BCUT2D eigenvalue weighted by atomic mass is 32.2. The maximum atomic E-state index is 5.53. The quantitative estimate of drug-likeness (QED) is 0.781. The lowest BCUT2D eigenvalue weighted by molar-refractivity contribution is 0.315. The highest BCUT2D eigenvalue weighted by Gasteiger charge is 2.19. The second-order valence-corrected chi connectivity index (χ2v) is 4.38. The average molecular weight is 222 g/mol. The highest BCUT2D eigenvalue weighted by molar-refractivity contribution is 7.98. The van der Waals surface area contributed by atoms with Crippen LogP contribution in [0.3, 0.4) is 0 Å². The van der Waals surface area contributed by atoms with Gasteiger partial charge in [0.05, 0.1) is 6.04 Å². The van der Waals surface area contributed by atoms with E-state index in [0.717, 1.165) is 17.9 Å². The Morgan fingerprint density at radius 1 is 1.53 bits per heavy atom. The monoisotopic (exact) mass is 222 g/mol. The van der Waals surface area contributed by atoms with Crippen LogP contribution in [0.25, 0.3) is 0 Å². The van der Waals surface area contributed by atoms with E-state index in [1.165, 1.54) is 0 Å². The molecule has 0 saturated carbocycles. The number of hydrogen-bond donors (Lipinski definition) is 0. The molecular weight excluding hydrogens is 208 g/mol. The molecule has 1 atom stereocenters. The van der Waals surface area contributed by atoms with E-state index in [2.05, 4.69) is 16.2 Å². The van der Waals surface area contributed by atoms with Crippen LogP contribution in [0.1, 0.15) is 12.1 Å². The van der Waals surface area contributed by atoms with Gasteiger partial charge in [0.15, 0.2) is 0 Å². The third kappa shape index (κ3) is 2.72. The van der Waals surface area contributed by atoms with Crippen LogP contribution in [0.15, 0.2) is 29.4 Å². The zero-order chi connectivity index (χ0) is 10.5. The van der Waals surface area contributed by atoms with Crippen molar-refractivity contribution in [1.82, 2.24) is 4.98 Å². The molecule has 0 unspecified atom stereocenters. The minimum atomic E-state index is 0.314. The second kappa shape index (κ2) is 5.16. The van der Waals surface area contributed by atoms with Crippen LogP contribution < -0.4 is 0 Å². The molecule has 0 aliphatic carbocycles. The molecule has 0 amide bonds. The van der Waals surface area contributed by atoms with Crippen LogP contribution in [0.4, 0.5) is 0 Å². The summed E-state index contributed by atoms with van der Waals surface area (Å²) in [5.74, 6) is 1.83. The van der Waals surface area contributed by atoms with Gasteiger partial charge in [0.25, 0.3) is 0 Å². The van der Waals surface area contributed by atoms with E-state index < -0.39 is 0 Å². The van der Waals surface area contributed by atoms with Gasteiger partial charge in [-0.25, -0.2) is 4.99 Å². The standard InChI is InChI=1S/C11H14N2OS/c1-15-7-5-9-8-14-11(13-9)10-4-2-3-6-12-10/h2-4,6,9H,5,7-8H2,1H3/t9-/m1/s1. The molecule has 0 bridgehead atoms. The van der Waals surface area contributed by atoms with Crippen LogP contribution in [-0.2, 0) is 4.74 Å². The molecule has 0 saturated heterocycles. The fourth-order valence-corrected chi connectivity index (χ4v) is 1.95. The average Bonchev–Trinajstić information content (AvgIpc) is 2.76. The van der Waals surface area contributed by atoms with Crippen molar-refractivity contribution in [3.8, 4) is 0 Å². The van der Waals surface area contributed by atoms with Crippen molar-refractivity contribution in [1.29, 1.82) is 0 Å². The predicted molar refractivity (Wildman–Crippen MR) is 63.5 cm³/mol. The molecule has 15 heavy (non-hydrogen) atoms.